The standard InChI is InChI=1S/C15H29NO/c1-4-14-5-9-16(10-6-14)11-15(7-8-15)12-17-13(2)3/h13-14H,4-12H2,1-3H3. The topological polar surface area (TPSA) is 12.5 Å². The molecule has 2 heteroatoms. The van der Waals surface area contributed by atoms with Gasteiger partial charge in [-0.25, -0.2) is 0 Å². The van der Waals surface area contributed by atoms with E-state index >= 15 is 0 Å². The Hall–Kier alpha value is -0.0800. The van der Waals surface area contributed by atoms with Crippen molar-refractivity contribution in [1.82, 2.24) is 4.90 Å². The molecule has 1 aliphatic heterocycles. The van der Waals surface area contributed by atoms with Gasteiger partial charge in [0.1, 0.15) is 0 Å². The highest BCUT2D eigenvalue weighted by Crippen LogP contribution is 2.47. The van der Waals surface area contributed by atoms with Crippen LogP contribution < -0.4 is 0 Å². The van der Waals surface area contributed by atoms with Crippen molar-refractivity contribution in [1.29, 1.82) is 0 Å². The zero-order valence-electron chi connectivity index (χ0n) is 11.9. The highest BCUT2D eigenvalue weighted by atomic mass is 16.5. The molecule has 2 aliphatic rings. The van der Waals surface area contributed by atoms with Gasteiger partial charge in [-0.05, 0) is 58.5 Å². The first-order valence-electron chi connectivity index (χ1n) is 7.47. The minimum atomic E-state index is 0.387. The highest BCUT2D eigenvalue weighted by molar-refractivity contribution is 4.96. The van der Waals surface area contributed by atoms with Crippen molar-refractivity contribution in [3.8, 4) is 0 Å². The fourth-order valence-electron chi connectivity index (χ4n) is 2.90. The Balaban J connectivity index is 1.70. The lowest BCUT2D eigenvalue weighted by Crippen LogP contribution is -2.39. The van der Waals surface area contributed by atoms with Crippen LogP contribution in [0.25, 0.3) is 0 Å². The fourth-order valence-corrected chi connectivity index (χ4v) is 2.90. The molecular formula is C15H29NO. The summed E-state index contributed by atoms with van der Waals surface area (Å²) in [6, 6.07) is 0. The number of hydrogen-bond donors (Lipinski definition) is 0. The van der Waals surface area contributed by atoms with Crippen molar-refractivity contribution in [2.75, 3.05) is 26.2 Å². The Kier molecular flexibility index (Phi) is 4.48. The monoisotopic (exact) mass is 239 g/mol. The zero-order chi connectivity index (χ0) is 12.3. The predicted octanol–water partition coefficient (Wildman–Crippen LogP) is 3.31. The smallest absolute Gasteiger partial charge is 0.0538 e. The molecule has 2 rings (SSSR count). The van der Waals surface area contributed by atoms with Crippen molar-refractivity contribution in [3.05, 3.63) is 0 Å². The van der Waals surface area contributed by atoms with Gasteiger partial charge in [-0.2, -0.15) is 0 Å². The summed E-state index contributed by atoms with van der Waals surface area (Å²) in [6.45, 7) is 11.5. The van der Waals surface area contributed by atoms with Gasteiger partial charge in [0, 0.05) is 12.0 Å². The van der Waals surface area contributed by atoms with Crippen molar-refractivity contribution in [2.24, 2.45) is 11.3 Å². The molecule has 1 aliphatic carbocycles. The maximum atomic E-state index is 5.83. The van der Waals surface area contributed by atoms with E-state index in [9.17, 15) is 0 Å². The van der Waals surface area contributed by atoms with Gasteiger partial charge < -0.3 is 9.64 Å². The summed E-state index contributed by atoms with van der Waals surface area (Å²) in [7, 11) is 0. The first-order valence-corrected chi connectivity index (χ1v) is 7.47. The summed E-state index contributed by atoms with van der Waals surface area (Å²) >= 11 is 0. The average molecular weight is 239 g/mol. The lowest BCUT2D eigenvalue weighted by atomic mass is 9.93. The van der Waals surface area contributed by atoms with Crippen molar-refractivity contribution in [2.45, 2.75) is 59.0 Å². The molecule has 0 aromatic heterocycles. The van der Waals surface area contributed by atoms with E-state index in [2.05, 4.69) is 25.7 Å². The van der Waals surface area contributed by atoms with Crippen LogP contribution in [-0.2, 0) is 4.74 Å². The van der Waals surface area contributed by atoms with Crippen LogP contribution in [0.15, 0.2) is 0 Å². The average Bonchev–Trinajstić information content (AvgIpc) is 3.08. The Morgan fingerprint density at radius 2 is 1.88 bits per heavy atom. The summed E-state index contributed by atoms with van der Waals surface area (Å²) in [6.07, 6.45) is 7.35. The Bertz CT molecular complexity index is 227. The zero-order valence-corrected chi connectivity index (χ0v) is 11.9. The molecule has 1 saturated carbocycles. The molecule has 0 radical (unpaired) electrons. The van der Waals surface area contributed by atoms with E-state index in [0.717, 1.165) is 12.5 Å². The van der Waals surface area contributed by atoms with Crippen molar-refractivity contribution >= 4 is 0 Å². The van der Waals surface area contributed by atoms with Crippen LogP contribution in [-0.4, -0.2) is 37.2 Å². The Morgan fingerprint density at radius 1 is 1.24 bits per heavy atom. The van der Waals surface area contributed by atoms with Gasteiger partial charge >= 0.3 is 0 Å². The van der Waals surface area contributed by atoms with E-state index in [1.54, 1.807) is 0 Å². The third-order valence-corrected chi connectivity index (χ3v) is 4.52. The lowest BCUT2D eigenvalue weighted by molar-refractivity contribution is 0.0264. The van der Waals surface area contributed by atoms with Gasteiger partial charge in [-0.3, -0.25) is 0 Å². The minimum absolute atomic E-state index is 0.387. The number of nitrogens with zero attached hydrogens (tertiary/aromatic N) is 1. The first-order chi connectivity index (χ1) is 8.13. The summed E-state index contributed by atoms with van der Waals surface area (Å²) < 4.78 is 5.83. The van der Waals surface area contributed by atoms with Crippen LogP contribution in [0.5, 0.6) is 0 Å². The van der Waals surface area contributed by atoms with Gasteiger partial charge in [0.25, 0.3) is 0 Å². The summed E-state index contributed by atoms with van der Waals surface area (Å²) in [5.74, 6) is 0.994. The van der Waals surface area contributed by atoms with Gasteiger partial charge in [0.2, 0.25) is 0 Å². The maximum Gasteiger partial charge on any atom is 0.0538 e. The van der Waals surface area contributed by atoms with Crippen LogP contribution >= 0.6 is 0 Å². The molecule has 0 N–H and O–H groups in total. The Labute approximate surface area is 107 Å². The molecule has 17 heavy (non-hydrogen) atoms. The molecule has 0 amide bonds. The minimum Gasteiger partial charge on any atom is -0.378 e. The van der Waals surface area contributed by atoms with E-state index in [-0.39, 0.29) is 0 Å². The van der Waals surface area contributed by atoms with Crippen LogP contribution in [0.3, 0.4) is 0 Å². The second-order valence-corrected chi connectivity index (χ2v) is 6.49. The molecular weight excluding hydrogens is 210 g/mol. The van der Waals surface area contributed by atoms with E-state index in [1.807, 2.05) is 0 Å². The van der Waals surface area contributed by atoms with Crippen molar-refractivity contribution < 1.29 is 4.74 Å². The molecule has 0 spiro atoms. The fraction of sp³-hybridized carbons (Fsp3) is 1.00. The number of rotatable bonds is 6. The summed E-state index contributed by atoms with van der Waals surface area (Å²) in [4.78, 5) is 2.68. The summed E-state index contributed by atoms with van der Waals surface area (Å²) in [5.41, 5.74) is 0.531. The van der Waals surface area contributed by atoms with Crippen LogP contribution in [0, 0.1) is 11.3 Å². The molecule has 0 bridgehead atoms. The predicted molar refractivity (Wildman–Crippen MR) is 72.2 cm³/mol. The van der Waals surface area contributed by atoms with Crippen LogP contribution in [0.4, 0.5) is 0 Å². The third kappa shape index (κ3) is 3.96. The van der Waals surface area contributed by atoms with Gasteiger partial charge in [0.15, 0.2) is 0 Å². The normalized spacial score (nSPS) is 25.4. The number of likely N-dealkylation sites (tertiary alicyclic amines) is 1. The van der Waals surface area contributed by atoms with Crippen LogP contribution in [0.1, 0.15) is 52.9 Å². The first kappa shape index (κ1) is 13.4. The second-order valence-electron chi connectivity index (χ2n) is 6.49. The number of hydrogen-bond acceptors (Lipinski definition) is 2. The molecule has 2 nitrogen and oxygen atoms in total. The highest BCUT2D eigenvalue weighted by Gasteiger charge is 2.44. The lowest BCUT2D eigenvalue weighted by Gasteiger charge is -2.34. The molecule has 0 aromatic carbocycles. The molecule has 0 unspecified atom stereocenters. The van der Waals surface area contributed by atoms with E-state index < -0.39 is 0 Å². The largest absolute Gasteiger partial charge is 0.378 e. The SMILES string of the molecule is CCC1CCN(CC2(COC(C)C)CC2)CC1. The Morgan fingerprint density at radius 3 is 2.35 bits per heavy atom. The molecule has 100 valence electrons. The number of piperidine rings is 1. The van der Waals surface area contributed by atoms with Gasteiger partial charge in [-0.1, -0.05) is 13.3 Å². The van der Waals surface area contributed by atoms with E-state index in [4.69, 9.17) is 4.74 Å². The summed E-state index contributed by atoms with van der Waals surface area (Å²) in [5, 5.41) is 0. The molecule has 0 aromatic rings. The molecule has 0 atom stereocenters. The molecule has 1 saturated heterocycles. The van der Waals surface area contributed by atoms with Gasteiger partial charge in [0.05, 0.1) is 12.7 Å². The van der Waals surface area contributed by atoms with Crippen molar-refractivity contribution in [3.63, 3.8) is 0 Å². The quantitative estimate of drug-likeness (QED) is 0.705. The third-order valence-electron chi connectivity index (χ3n) is 4.52. The van der Waals surface area contributed by atoms with Gasteiger partial charge in [-0.15, -0.1) is 0 Å². The van der Waals surface area contributed by atoms with E-state index in [1.165, 1.54) is 51.7 Å². The molecule has 2 fully saturated rings. The second kappa shape index (κ2) is 5.71. The maximum absolute atomic E-state index is 5.83. The van der Waals surface area contributed by atoms with E-state index in [0.29, 0.717) is 11.5 Å². The molecule has 1 heterocycles. The van der Waals surface area contributed by atoms with Crippen LogP contribution in [0.2, 0.25) is 0 Å². The number of ether oxygens (including phenoxy) is 1.